The van der Waals surface area contributed by atoms with E-state index in [0.29, 0.717) is 28.7 Å². The number of carbonyl (C=O) groups excluding carboxylic acids is 2. The van der Waals surface area contributed by atoms with Crippen LogP contribution in [0.25, 0.3) is 11.0 Å². The normalized spacial score (nSPS) is 11.9. The van der Waals surface area contributed by atoms with E-state index in [-0.39, 0.29) is 23.0 Å². The molecule has 2 N–H and O–H groups in total. The van der Waals surface area contributed by atoms with Gasteiger partial charge in [0.1, 0.15) is 0 Å². The lowest BCUT2D eigenvalue weighted by Crippen LogP contribution is -2.17. The van der Waals surface area contributed by atoms with Gasteiger partial charge in [0.15, 0.2) is 0 Å². The molecule has 0 radical (unpaired) electrons. The number of alkyl halides is 6. The molecule has 0 saturated heterocycles. The minimum absolute atomic E-state index is 0.0428. The van der Waals surface area contributed by atoms with Gasteiger partial charge in [0.2, 0.25) is 0 Å². The summed E-state index contributed by atoms with van der Waals surface area (Å²) in [6, 6.07) is 9.55. The predicted octanol–water partition coefficient (Wildman–Crippen LogP) is 6.48. The third kappa shape index (κ3) is 5.85. The summed E-state index contributed by atoms with van der Waals surface area (Å²) in [6.45, 7) is 1.66. The Labute approximate surface area is 205 Å². The van der Waals surface area contributed by atoms with E-state index in [1.807, 2.05) is 0 Å². The molecule has 3 aromatic carbocycles. The van der Waals surface area contributed by atoms with Crippen molar-refractivity contribution in [2.45, 2.75) is 19.3 Å². The molecule has 1 heterocycles. The molecule has 0 atom stereocenters. The van der Waals surface area contributed by atoms with Gasteiger partial charge in [-0.25, -0.2) is 0 Å². The molecule has 1 aromatic heterocycles. The zero-order chi connectivity index (χ0) is 27.0. The molecule has 37 heavy (non-hydrogen) atoms. The van der Waals surface area contributed by atoms with Crippen molar-refractivity contribution in [3.05, 3.63) is 94.8 Å². The SMILES string of the molecule is Cc1ccc(NC(=O)c2cc(C(F)(F)F)cc(C(F)(F)F)c2)cc1NC(=O)c1ccc2nccnc2c1. The van der Waals surface area contributed by atoms with Gasteiger partial charge in [-0.1, -0.05) is 6.07 Å². The Kier molecular flexibility index (Phi) is 6.59. The highest BCUT2D eigenvalue weighted by atomic mass is 19.4. The van der Waals surface area contributed by atoms with Crippen molar-refractivity contribution in [3.63, 3.8) is 0 Å². The fourth-order valence-electron chi connectivity index (χ4n) is 3.42. The Hall–Kier alpha value is -4.48. The Balaban J connectivity index is 1.58. The first kappa shape index (κ1) is 25.6. The maximum atomic E-state index is 13.1. The van der Waals surface area contributed by atoms with Crippen LogP contribution in [0.2, 0.25) is 0 Å². The molecule has 2 amide bonds. The molecule has 0 aliphatic carbocycles. The first-order valence-corrected chi connectivity index (χ1v) is 10.5. The van der Waals surface area contributed by atoms with E-state index in [9.17, 15) is 35.9 Å². The van der Waals surface area contributed by atoms with Gasteiger partial charge in [-0.2, -0.15) is 26.3 Å². The van der Waals surface area contributed by atoms with Crippen LogP contribution in [0.4, 0.5) is 37.7 Å². The molecule has 0 bridgehead atoms. The number of hydrogen-bond donors (Lipinski definition) is 2. The largest absolute Gasteiger partial charge is 0.416 e. The van der Waals surface area contributed by atoms with E-state index in [1.165, 1.54) is 36.7 Å². The van der Waals surface area contributed by atoms with Crippen molar-refractivity contribution in [2.24, 2.45) is 0 Å². The third-order valence-electron chi connectivity index (χ3n) is 5.33. The van der Waals surface area contributed by atoms with Crippen molar-refractivity contribution in [3.8, 4) is 0 Å². The number of amides is 2. The second kappa shape index (κ2) is 9.52. The van der Waals surface area contributed by atoms with E-state index in [1.54, 1.807) is 19.1 Å². The minimum atomic E-state index is -5.09. The molecule has 4 rings (SSSR count). The van der Waals surface area contributed by atoms with E-state index >= 15 is 0 Å². The zero-order valence-corrected chi connectivity index (χ0v) is 18.8. The quantitative estimate of drug-likeness (QED) is 0.303. The fraction of sp³-hybridized carbons (Fsp3) is 0.120. The van der Waals surface area contributed by atoms with Crippen molar-refractivity contribution >= 4 is 34.2 Å². The molecule has 0 aliphatic rings. The number of fused-ring (bicyclic) bond motifs is 1. The Morgan fingerprint density at radius 1 is 0.676 bits per heavy atom. The van der Waals surface area contributed by atoms with Gasteiger partial charge >= 0.3 is 12.4 Å². The third-order valence-corrected chi connectivity index (χ3v) is 5.33. The lowest BCUT2D eigenvalue weighted by Gasteiger charge is -2.15. The number of nitrogens with one attached hydrogen (secondary N) is 2. The molecule has 12 heteroatoms. The monoisotopic (exact) mass is 518 g/mol. The summed E-state index contributed by atoms with van der Waals surface area (Å²) in [5.74, 6) is -1.70. The molecule has 190 valence electrons. The van der Waals surface area contributed by atoms with Gasteiger partial charge < -0.3 is 10.6 Å². The summed E-state index contributed by atoms with van der Waals surface area (Å²) in [5, 5.41) is 4.94. The number of nitrogens with zero attached hydrogens (tertiary/aromatic N) is 2. The number of aryl methyl sites for hydroxylation is 1. The van der Waals surface area contributed by atoms with E-state index in [4.69, 9.17) is 0 Å². The summed E-state index contributed by atoms with van der Waals surface area (Å²) in [7, 11) is 0. The first-order chi connectivity index (χ1) is 17.3. The predicted molar refractivity (Wildman–Crippen MR) is 123 cm³/mol. The summed E-state index contributed by atoms with van der Waals surface area (Å²) in [6.07, 6.45) is -7.20. The molecule has 0 unspecified atom stereocenters. The number of rotatable bonds is 4. The fourth-order valence-corrected chi connectivity index (χ4v) is 3.42. The maximum Gasteiger partial charge on any atom is 0.416 e. The number of carbonyl (C=O) groups is 2. The topological polar surface area (TPSA) is 84.0 Å². The average Bonchev–Trinajstić information content (AvgIpc) is 2.84. The van der Waals surface area contributed by atoms with Crippen LogP contribution in [0.15, 0.2) is 67.0 Å². The molecule has 4 aromatic rings. The number of hydrogen-bond acceptors (Lipinski definition) is 4. The smallest absolute Gasteiger partial charge is 0.322 e. The molecule has 0 fully saturated rings. The van der Waals surface area contributed by atoms with Gasteiger partial charge in [0.05, 0.1) is 22.2 Å². The van der Waals surface area contributed by atoms with Gasteiger partial charge in [0, 0.05) is 34.9 Å². The second-order valence-electron chi connectivity index (χ2n) is 7.99. The van der Waals surface area contributed by atoms with Crippen molar-refractivity contribution in [1.29, 1.82) is 0 Å². The highest BCUT2D eigenvalue weighted by Crippen LogP contribution is 2.36. The Morgan fingerprint density at radius 3 is 1.89 bits per heavy atom. The van der Waals surface area contributed by atoms with Crippen molar-refractivity contribution < 1.29 is 35.9 Å². The van der Waals surface area contributed by atoms with Crippen LogP contribution in [0.5, 0.6) is 0 Å². The van der Waals surface area contributed by atoms with Gasteiger partial charge in [-0.15, -0.1) is 0 Å². The molecular formula is C25H16F6N4O2. The van der Waals surface area contributed by atoms with Gasteiger partial charge in [-0.3, -0.25) is 19.6 Å². The zero-order valence-electron chi connectivity index (χ0n) is 18.8. The molecule has 6 nitrogen and oxygen atoms in total. The van der Waals surface area contributed by atoms with Crippen LogP contribution in [0, 0.1) is 6.92 Å². The highest BCUT2D eigenvalue weighted by Gasteiger charge is 2.37. The number of anilines is 2. The van der Waals surface area contributed by atoms with E-state index < -0.39 is 40.9 Å². The Morgan fingerprint density at radius 2 is 1.27 bits per heavy atom. The van der Waals surface area contributed by atoms with Crippen LogP contribution >= 0.6 is 0 Å². The first-order valence-electron chi connectivity index (χ1n) is 10.5. The minimum Gasteiger partial charge on any atom is -0.322 e. The van der Waals surface area contributed by atoms with Crippen molar-refractivity contribution in [2.75, 3.05) is 10.6 Å². The lowest BCUT2D eigenvalue weighted by molar-refractivity contribution is -0.143. The highest BCUT2D eigenvalue weighted by molar-refractivity contribution is 6.07. The van der Waals surface area contributed by atoms with Crippen LogP contribution < -0.4 is 10.6 Å². The second-order valence-corrected chi connectivity index (χ2v) is 7.99. The average molecular weight is 518 g/mol. The summed E-state index contributed by atoms with van der Waals surface area (Å²) < 4.78 is 78.7. The Bertz CT molecular complexity index is 1480. The van der Waals surface area contributed by atoms with Crippen LogP contribution in [0.3, 0.4) is 0 Å². The maximum absolute atomic E-state index is 13.1. The van der Waals surface area contributed by atoms with Crippen LogP contribution in [-0.4, -0.2) is 21.8 Å². The summed E-state index contributed by atoms with van der Waals surface area (Å²) >= 11 is 0. The number of aromatic nitrogens is 2. The molecule has 0 saturated carbocycles. The number of benzene rings is 3. The standard InChI is InChI=1S/C25H16F6N4O2/c1-13-2-4-18(12-20(13)35-22(36)14-3-5-19-21(10-14)33-7-6-32-19)34-23(37)15-8-16(24(26,27)28)11-17(9-15)25(29,30)31/h2-12H,1H3,(H,34,37)(H,35,36). The van der Waals surface area contributed by atoms with Gasteiger partial charge in [-0.05, 0) is 61.0 Å². The van der Waals surface area contributed by atoms with Crippen LogP contribution in [0.1, 0.15) is 37.4 Å². The van der Waals surface area contributed by atoms with E-state index in [0.717, 1.165) is 0 Å². The van der Waals surface area contributed by atoms with E-state index in [2.05, 4.69) is 20.6 Å². The summed E-state index contributed by atoms with van der Waals surface area (Å²) in [4.78, 5) is 33.6. The molecular weight excluding hydrogens is 502 g/mol. The molecule has 0 spiro atoms. The van der Waals surface area contributed by atoms with Gasteiger partial charge in [0.25, 0.3) is 11.8 Å². The lowest BCUT2D eigenvalue weighted by atomic mass is 10.0. The summed E-state index contributed by atoms with van der Waals surface area (Å²) in [5.41, 5.74) is -1.80. The van der Waals surface area contributed by atoms with Crippen LogP contribution in [-0.2, 0) is 12.4 Å². The number of halogens is 6. The van der Waals surface area contributed by atoms with Crippen molar-refractivity contribution in [1.82, 2.24) is 9.97 Å². The molecule has 0 aliphatic heterocycles.